The maximum Gasteiger partial charge on any atom is 0.402 e. The summed E-state index contributed by atoms with van der Waals surface area (Å²) in [5.41, 5.74) is 2.07. The first-order chi connectivity index (χ1) is 11.3. The van der Waals surface area contributed by atoms with Gasteiger partial charge in [-0.1, -0.05) is 4.99 Å². The number of amidine groups is 1. The van der Waals surface area contributed by atoms with Gasteiger partial charge >= 0.3 is 12.0 Å². The van der Waals surface area contributed by atoms with Gasteiger partial charge in [-0.25, -0.2) is 13.9 Å². The van der Waals surface area contributed by atoms with Crippen molar-refractivity contribution < 1.29 is 18.9 Å². The molecule has 1 unspecified atom stereocenters. The third kappa shape index (κ3) is 2.09. The number of ether oxygens (including phenoxy) is 1. The molecule has 1 aromatic rings. The average Bonchev–Trinajstić information content (AvgIpc) is 3.02. The number of imidazole rings is 1. The van der Waals surface area contributed by atoms with Gasteiger partial charge in [0.15, 0.2) is 0 Å². The summed E-state index contributed by atoms with van der Waals surface area (Å²) in [7, 11) is 3.21. The summed E-state index contributed by atoms with van der Waals surface area (Å²) in [4.78, 5) is 32.8. The molecule has 0 aliphatic carbocycles. The zero-order chi connectivity index (χ0) is 17.8. The monoisotopic (exact) mass is 334 g/mol. The zero-order valence-electron chi connectivity index (χ0n) is 15.0. The van der Waals surface area contributed by atoms with E-state index >= 15 is 0 Å². The molecule has 8 heteroatoms. The van der Waals surface area contributed by atoms with E-state index in [1.807, 2.05) is 18.4 Å². The van der Waals surface area contributed by atoms with E-state index in [0.717, 1.165) is 17.3 Å². The van der Waals surface area contributed by atoms with Crippen LogP contribution in [0.3, 0.4) is 0 Å². The predicted octanol–water partition coefficient (Wildman–Crippen LogP) is 1.10. The molecule has 0 aromatic carbocycles. The van der Waals surface area contributed by atoms with E-state index in [-0.39, 0.29) is 24.5 Å². The first kappa shape index (κ1) is 16.6. The molecule has 3 amide bonds. The van der Waals surface area contributed by atoms with Crippen LogP contribution in [0, 0.1) is 13.8 Å². The number of rotatable bonds is 4. The van der Waals surface area contributed by atoms with Crippen LogP contribution < -0.4 is 4.57 Å². The number of amides is 3. The van der Waals surface area contributed by atoms with Crippen LogP contribution in [0.15, 0.2) is 4.99 Å². The van der Waals surface area contributed by atoms with Crippen LogP contribution in [0.2, 0.25) is 0 Å². The Balaban J connectivity index is 2.12. The van der Waals surface area contributed by atoms with Gasteiger partial charge < -0.3 is 4.74 Å². The van der Waals surface area contributed by atoms with Crippen LogP contribution in [0.5, 0.6) is 0 Å². The molecule has 2 aliphatic rings. The Morgan fingerprint density at radius 2 is 1.96 bits per heavy atom. The Morgan fingerprint density at radius 1 is 1.29 bits per heavy atom. The van der Waals surface area contributed by atoms with E-state index in [0.29, 0.717) is 12.4 Å². The van der Waals surface area contributed by atoms with Crippen molar-refractivity contribution in [3.63, 3.8) is 0 Å². The van der Waals surface area contributed by atoms with Crippen LogP contribution in [0.1, 0.15) is 37.3 Å². The number of hydrogen-bond donors (Lipinski definition) is 0. The first-order valence-electron chi connectivity index (χ1n) is 8.10. The van der Waals surface area contributed by atoms with Crippen molar-refractivity contribution >= 4 is 23.7 Å². The normalized spacial score (nSPS) is 20.0. The molecule has 1 saturated heterocycles. The number of likely N-dealkylation sites (N-methyl/N-ethyl adjacent to an activating group) is 1. The summed E-state index contributed by atoms with van der Waals surface area (Å²) in [5, 5.41) is 0. The van der Waals surface area contributed by atoms with Gasteiger partial charge in [0.1, 0.15) is 11.4 Å². The van der Waals surface area contributed by atoms with Crippen molar-refractivity contribution in [2.24, 2.45) is 4.99 Å². The van der Waals surface area contributed by atoms with Crippen molar-refractivity contribution in [3.8, 4) is 0 Å². The number of carbonyl (C=O) groups excluding carboxylic acids is 2. The Labute approximate surface area is 141 Å². The SMILES string of the molecule is COCCN1C(=O)C2C(=Nc3n(C(C)C)c(C)c(C)[n+]32)N(C)C1=O. The number of urea groups is 1. The summed E-state index contributed by atoms with van der Waals surface area (Å²) >= 11 is 0. The largest absolute Gasteiger partial charge is 0.402 e. The number of aliphatic imine (C=N–C) groups is 1. The third-order valence-electron chi connectivity index (χ3n) is 4.79. The molecular formula is C16H24N5O3+. The second-order valence-electron chi connectivity index (χ2n) is 6.50. The Hall–Kier alpha value is -2.22. The van der Waals surface area contributed by atoms with Gasteiger partial charge in [0.2, 0.25) is 11.9 Å². The quantitative estimate of drug-likeness (QED) is 0.774. The van der Waals surface area contributed by atoms with Crippen LogP contribution in [-0.2, 0) is 9.53 Å². The van der Waals surface area contributed by atoms with Crippen molar-refractivity contribution in [1.29, 1.82) is 0 Å². The van der Waals surface area contributed by atoms with Crippen LogP contribution in [0.4, 0.5) is 10.7 Å². The molecule has 2 aliphatic heterocycles. The molecule has 8 nitrogen and oxygen atoms in total. The lowest BCUT2D eigenvalue weighted by molar-refractivity contribution is -0.683. The number of hydrogen-bond acceptors (Lipinski definition) is 4. The topological polar surface area (TPSA) is 71.0 Å². The predicted molar refractivity (Wildman–Crippen MR) is 87.4 cm³/mol. The van der Waals surface area contributed by atoms with Gasteiger partial charge in [0, 0.05) is 14.2 Å². The number of nitrogens with zero attached hydrogens (tertiary/aromatic N) is 5. The number of fused-ring (bicyclic) bond motifs is 3. The van der Waals surface area contributed by atoms with Crippen molar-refractivity contribution in [2.75, 3.05) is 27.3 Å². The maximum atomic E-state index is 13.0. The fourth-order valence-corrected chi connectivity index (χ4v) is 3.47. The molecule has 0 bridgehead atoms. The second kappa shape index (κ2) is 5.70. The summed E-state index contributed by atoms with van der Waals surface area (Å²) in [6, 6.07) is -0.730. The highest BCUT2D eigenvalue weighted by molar-refractivity contribution is 6.19. The van der Waals surface area contributed by atoms with Gasteiger partial charge in [-0.3, -0.25) is 14.6 Å². The molecule has 24 heavy (non-hydrogen) atoms. The minimum atomic E-state index is -0.585. The Kier molecular flexibility index (Phi) is 3.95. The van der Waals surface area contributed by atoms with Gasteiger partial charge in [-0.2, -0.15) is 0 Å². The molecule has 0 saturated carbocycles. The number of aromatic nitrogens is 2. The third-order valence-corrected chi connectivity index (χ3v) is 4.79. The highest BCUT2D eigenvalue weighted by atomic mass is 16.5. The molecular weight excluding hydrogens is 310 g/mol. The minimum absolute atomic E-state index is 0.213. The number of carbonyl (C=O) groups is 2. The second-order valence-corrected chi connectivity index (χ2v) is 6.50. The standard InChI is InChI=1S/C16H24N5O3/c1-9(2)20-10(3)11(4)21-12-13(17-15(20)21)18(5)16(23)19(14(12)22)7-8-24-6/h9,12H,7-8H2,1-6H3/q+1. The van der Waals surface area contributed by atoms with E-state index < -0.39 is 6.04 Å². The maximum absolute atomic E-state index is 13.0. The van der Waals surface area contributed by atoms with Crippen molar-refractivity contribution in [3.05, 3.63) is 11.4 Å². The minimum Gasteiger partial charge on any atom is -0.383 e. The fourth-order valence-electron chi connectivity index (χ4n) is 3.47. The summed E-state index contributed by atoms with van der Waals surface area (Å²) in [6.45, 7) is 8.72. The fraction of sp³-hybridized carbons (Fsp3) is 0.625. The van der Waals surface area contributed by atoms with Crippen LogP contribution in [0.25, 0.3) is 0 Å². The number of methoxy groups -OCH3 is 1. The summed E-state index contributed by atoms with van der Waals surface area (Å²) in [6.07, 6.45) is 0. The smallest absolute Gasteiger partial charge is 0.383 e. The lowest BCUT2D eigenvalue weighted by atomic mass is 10.1. The molecule has 1 fully saturated rings. The Bertz CT molecular complexity index is 749. The lowest BCUT2D eigenvalue weighted by Gasteiger charge is -2.33. The molecule has 0 spiro atoms. The summed E-state index contributed by atoms with van der Waals surface area (Å²) in [5.74, 6) is 0.967. The van der Waals surface area contributed by atoms with E-state index in [1.54, 1.807) is 14.2 Å². The molecule has 1 atom stereocenters. The van der Waals surface area contributed by atoms with Crippen LogP contribution >= 0.6 is 0 Å². The highest BCUT2D eigenvalue weighted by Crippen LogP contribution is 2.32. The van der Waals surface area contributed by atoms with Crippen molar-refractivity contribution in [2.45, 2.75) is 39.8 Å². The van der Waals surface area contributed by atoms with Crippen molar-refractivity contribution in [1.82, 2.24) is 14.4 Å². The lowest BCUT2D eigenvalue weighted by Crippen LogP contribution is -2.63. The zero-order valence-corrected chi connectivity index (χ0v) is 15.0. The Morgan fingerprint density at radius 3 is 2.54 bits per heavy atom. The highest BCUT2D eigenvalue weighted by Gasteiger charge is 2.54. The van der Waals surface area contributed by atoms with Gasteiger partial charge in [-0.15, -0.1) is 0 Å². The molecule has 0 radical (unpaired) electrons. The van der Waals surface area contributed by atoms with E-state index in [2.05, 4.69) is 23.4 Å². The van der Waals surface area contributed by atoms with E-state index in [1.165, 1.54) is 9.80 Å². The van der Waals surface area contributed by atoms with E-state index in [9.17, 15) is 9.59 Å². The molecule has 1 aromatic heterocycles. The van der Waals surface area contributed by atoms with Crippen LogP contribution in [-0.4, -0.2) is 59.4 Å². The van der Waals surface area contributed by atoms with E-state index in [4.69, 9.17) is 4.74 Å². The van der Waals surface area contributed by atoms with Gasteiger partial charge in [-0.05, 0) is 27.7 Å². The molecule has 0 N–H and O–H groups in total. The van der Waals surface area contributed by atoms with Gasteiger partial charge in [0.25, 0.3) is 5.91 Å². The number of imide groups is 1. The first-order valence-corrected chi connectivity index (χ1v) is 8.10. The molecule has 3 rings (SSSR count). The average molecular weight is 334 g/mol. The molecule has 130 valence electrons. The van der Waals surface area contributed by atoms with Gasteiger partial charge in [0.05, 0.1) is 19.2 Å². The molecule has 3 heterocycles. The summed E-state index contributed by atoms with van der Waals surface area (Å²) < 4.78 is 9.07.